The van der Waals surface area contributed by atoms with E-state index in [1.165, 1.54) is 0 Å². The van der Waals surface area contributed by atoms with Crippen LogP contribution in [0.3, 0.4) is 0 Å². The van der Waals surface area contributed by atoms with Gasteiger partial charge in [0.15, 0.2) is 0 Å². The fraction of sp³-hybridized carbons (Fsp3) is 0.625. The molecule has 3 nitrogen and oxygen atoms in total. The van der Waals surface area contributed by atoms with Crippen LogP contribution in [-0.4, -0.2) is 25.1 Å². The van der Waals surface area contributed by atoms with Crippen molar-refractivity contribution in [2.24, 2.45) is 15.9 Å². The van der Waals surface area contributed by atoms with E-state index >= 15 is 0 Å². The second-order valence-corrected chi connectivity index (χ2v) is 2.76. The summed E-state index contributed by atoms with van der Waals surface area (Å²) in [6.07, 6.45) is 4.07. The summed E-state index contributed by atoms with van der Waals surface area (Å²) in [4.78, 5) is 8.34. The molecule has 0 aromatic carbocycles. The van der Waals surface area contributed by atoms with E-state index < -0.39 is 0 Å². The average Bonchev–Trinajstić information content (AvgIpc) is 2.58. The number of amidine groups is 1. The number of nitrogens with one attached hydrogen (secondary N) is 1. The summed E-state index contributed by atoms with van der Waals surface area (Å²) < 4.78 is 0. The molecule has 0 amide bonds. The number of rotatable bonds is 1. The number of hydrogen-bond acceptors (Lipinski definition) is 3. The van der Waals surface area contributed by atoms with Crippen LogP contribution in [0.25, 0.3) is 0 Å². The fourth-order valence-electron chi connectivity index (χ4n) is 1.36. The van der Waals surface area contributed by atoms with E-state index in [-0.39, 0.29) is 0 Å². The topological polar surface area (TPSA) is 36.8 Å². The van der Waals surface area contributed by atoms with Crippen molar-refractivity contribution in [3.8, 4) is 0 Å². The molecule has 1 N–H and O–H groups in total. The first-order valence-corrected chi connectivity index (χ1v) is 4.02. The molecule has 0 fully saturated rings. The smallest absolute Gasteiger partial charge is 0.127 e. The highest BCUT2D eigenvalue weighted by Gasteiger charge is 2.20. The van der Waals surface area contributed by atoms with Crippen LogP contribution in [0.2, 0.25) is 0 Å². The highest BCUT2D eigenvalue weighted by Crippen LogP contribution is 2.16. The highest BCUT2D eigenvalue weighted by atomic mass is 15.1. The summed E-state index contributed by atoms with van der Waals surface area (Å²) >= 11 is 0. The molecule has 0 aromatic heterocycles. The van der Waals surface area contributed by atoms with Crippen molar-refractivity contribution in [2.45, 2.75) is 12.8 Å². The third-order valence-corrected chi connectivity index (χ3v) is 1.94. The van der Waals surface area contributed by atoms with Gasteiger partial charge in [0.05, 0.1) is 6.54 Å². The van der Waals surface area contributed by atoms with Crippen LogP contribution in [0.15, 0.2) is 9.98 Å². The van der Waals surface area contributed by atoms with E-state index in [0.717, 1.165) is 31.8 Å². The minimum absolute atomic E-state index is 0.336. The molecule has 58 valence electrons. The van der Waals surface area contributed by atoms with Gasteiger partial charge in [-0.25, -0.2) is 0 Å². The van der Waals surface area contributed by atoms with Crippen molar-refractivity contribution in [1.29, 1.82) is 0 Å². The van der Waals surface area contributed by atoms with Crippen molar-refractivity contribution in [2.75, 3.05) is 13.1 Å². The monoisotopic (exact) mass is 149 g/mol. The largest absolute Gasteiger partial charge is 0.372 e. The molecule has 1 atom stereocenters. The maximum atomic E-state index is 4.33. The van der Waals surface area contributed by atoms with Gasteiger partial charge in [-0.1, -0.05) is 0 Å². The van der Waals surface area contributed by atoms with Crippen LogP contribution < -0.4 is 5.32 Å². The second-order valence-electron chi connectivity index (χ2n) is 2.76. The van der Waals surface area contributed by atoms with Gasteiger partial charge in [0.25, 0.3) is 0 Å². The van der Waals surface area contributed by atoms with Crippen LogP contribution in [0.4, 0.5) is 0 Å². The zero-order valence-corrected chi connectivity index (χ0v) is 6.38. The van der Waals surface area contributed by atoms with E-state index in [4.69, 9.17) is 0 Å². The van der Waals surface area contributed by atoms with Crippen molar-refractivity contribution >= 4 is 12.1 Å². The first kappa shape index (κ1) is 6.83. The summed E-state index contributed by atoms with van der Waals surface area (Å²) in [5, 5.41) is 3.24. The first-order chi connectivity index (χ1) is 5.47. The van der Waals surface area contributed by atoms with Crippen molar-refractivity contribution < 1.29 is 0 Å². The van der Waals surface area contributed by atoms with Crippen LogP contribution in [0, 0.1) is 12.5 Å². The Labute approximate surface area is 66.6 Å². The minimum atomic E-state index is 0.336. The van der Waals surface area contributed by atoms with Crippen molar-refractivity contribution in [3.63, 3.8) is 0 Å². The normalized spacial score (nSPS) is 29.8. The Morgan fingerprint density at radius 2 is 2.64 bits per heavy atom. The van der Waals surface area contributed by atoms with E-state index in [0.29, 0.717) is 5.92 Å². The third kappa shape index (κ3) is 1.42. The van der Waals surface area contributed by atoms with Gasteiger partial charge in [-0.05, 0) is 19.1 Å². The Morgan fingerprint density at radius 1 is 1.64 bits per heavy atom. The molecule has 2 radical (unpaired) electrons. The maximum absolute atomic E-state index is 4.33. The first-order valence-electron chi connectivity index (χ1n) is 4.02. The quantitative estimate of drug-likeness (QED) is 0.579. The summed E-state index contributed by atoms with van der Waals surface area (Å²) in [6, 6.07) is 0. The van der Waals surface area contributed by atoms with Crippen molar-refractivity contribution in [1.82, 2.24) is 5.32 Å². The number of aliphatic imine (C=N–C) groups is 2. The predicted octanol–water partition coefficient (Wildman–Crippen LogP) is 0.508. The lowest BCUT2D eigenvalue weighted by atomic mass is 10.0. The molecule has 0 spiro atoms. The van der Waals surface area contributed by atoms with Gasteiger partial charge in [0.2, 0.25) is 0 Å². The number of hydrogen-bond donors (Lipinski definition) is 1. The van der Waals surface area contributed by atoms with Crippen LogP contribution in [0.1, 0.15) is 12.8 Å². The number of nitrogens with zero attached hydrogens (tertiary/aromatic N) is 2. The van der Waals surface area contributed by atoms with Gasteiger partial charge in [0.1, 0.15) is 12.4 Å². The molecule has 0 saturated carbocycles. The lowest BCUT2D eigenvalue weighted by molar-refractivity contribution is 0.685. The van der Waals surface area contributed by atoms with E-state index in [1.807, 2.05) is 6.21 Å². The van der Waals surface area contributed by atoms with Crippen LogP contribution in [0.5, 0.6) is 0 Å². The molecular formula is C8H11N3. The second kappa shape index (κ2) is 3.03. The van der Waals surface area contributed by atoms with Gasteiger partial charge in [-0.2, -0.15) is 0 Å². The Hall–Kier alpha value is -0.860. The maximum Gasteiger partial charge on any atom is 0.127 e. The van der Waals surface area contributed by atoms with Crippen LogP contribution in [-0.2, 0) is 0 Å². The molecule has 0 bridgehead atoms. The molecule has 2 aliphatic heterocycles. The van der Waals surface area contributed by atoms with Gasteiger partial charge in [-0.3, -0.25) is 9.98 Å². The molecule has 0 aromatic rings. The highest BCUT2D eigenvalue weighted by molar-refractivity contribution is 5.87. The lowest BCUT2D eigenvalue weighted by Crippen LogP contribution is -2.28. The summed E-state index contributed by atoms with van der Waals surface area (Å²) in [5.74, 6) is 1.42. The SMILES string of the molecule is [C]1N=CCCC1C1=NCCN1. The van der Waals surface area contributed by atoms with Gasteiger partial charge in [0, 0.05) is 12.5 Å². The zero-order chi connectivity index (χ0) is 7.52. The molecule has 2 aliphatic rings. The van der Waals surface area contributed by atoms with Crippen LogP contribution >= 0.6 is 0 Å². The fourth-order valence-corrected chi connectivity index (χ4v) is 1.36. The minimum Gasteiger partial charge on any atom is -0.372 e. The Balaban J connectivity index is 1.98. The molecule has 11 heavy (non-hydrogen) atoms. The molecular weight excluding hydrogens is 138 g/mol. The van der Waals surface area contributed by atoms with E-state index in [1.54, 1.807) is 0 Å². The lowest BCUT2D eigenvalue weighted by Gasteiger charge is -2.15. The van der Waals surface area contributed by atoms with Gasteiger partial charge >= 0.3 is 0 Å². The molecule has 2 heterocycles. The Kier molecular flexibility index (Phi) is 1.88. The average molecular weight is 149 g/mol. The standard InChI is InChI=1S/C8H11N3/c1-2-7(6-9-3-1)8-10-4-5-11-8/h3,7H,1-2,4-5H2,(H,10,11). The summed E-state index contributed by atoms with van der Waals surface area (Å²) in [5.41, 5.74) is 0. The molecule has 3 heteroatoms. The van der Waals surface area contributed by atoms with Crippen molar-refractivity contribution in [3.05, 3.63) is 6.54 Å². The third-order valence-electron chi connectivity index (χ3n) is 1.94. The van der Waals surface area contributed by atoms with E-state index in [9.17, 15) is 0 Å². The molecule has 0 aliphatic carbocycles. The molecule has 1 unspecified atom stereocenters. The summed E-state index contributed by atoms with van der Waals surface area (Å²) in [7, 11) is 0. The molecule has 2 rings (SSSR count). The Morgan fingerprint density at radius 3 is 3.27 bits per heavy atom. The predicted molar refractivity (Wildman–Crippen MR) is 44.8 cm³/mol. The van der Waals surface area contributed by atoms with Gasteiger partial charge < -0.3 is 5.32 Å². The zero-order valence-electron chi connectivity index (χ0n) is 6.38. The van der Waals surface area contributed by atoms with Gasteiger partial charge in [-0.15, -0.1) is 0 Å². The van der Waals surface area contributed by atoms with E-state index in [2.05, 4.69) is 21.8 Å². The molecule has 0 saturated heterocycles. The summed E-state index contributed by atoms with van der Waals surface area (Å²) in [6.45, 7) is 4.93. The Bertz CT molecular complexity index is 196.